The van der Waals surface area contributed by atoms with Crippen LogP contribution in [0.1, 0.15) is 5.01 Å². The van der Waals surface area contributed by atoms with Crippen LogP contribution in [0.4, 0.5) is 0 Å². The molecule has 20 heavy (non-hydrogen) atoms. The maximum atomic E-state index is 11.5. The van der Waals surface area contributed by atoms with Gasteiger partial charge in [0.1, 0.15) is 21.8 Å². The van der Waals surface area contributed by atoms with Gasteiger partial charge < -0.3 is 4.74 Å². The van der Waals surface area contributed by atoms with Crippen molar-refractivity contribution in [3.05, 3.63) is 23.2 Å². The monoisotopic (exact) mass is 308 g/mol. The van der Waals surface area contributed by atoms with Gasteiger partial charge in [-0.25, -0.2) is 10.8 Å². The summed E-state index contributed by atoms with van der Waals surface area (Å²) >= 11 is 3.06. The molecule has 1 aliphatic heterocycles. The van der Waals surface area contributed by atoms with Crippen molar-refractivity contribution < 1.29 is 9.53 Å². The number of nitrogens with zero attached hydrogens (tertiary/aromatic N) is 2. The van der Waals surface area contributed by atoms with Gasteiger partial charge in [0.05, 0.1) is 17.3 Å². The second-order valence-corrected chi connectivity index (χ2v) is 6.16. The Morgan fingerprint density at radius 1 is 1.55 bits per heavy atom. The number of aromatic nitrogens is 1. The topological polar surface area (TPSA) is 89.6 Å². The molecule has 0 bridgehead atoms. The van der Waals surface area contributed by atoms with Crippen LogP contribution in [0.5, 0.6) is 5.75 Å². The summed E-state index contributed by atoms with van der Waals surface area (Å²) in [7, 11) is 1.63. The number of hydrazine groups is 1. The van der Waals surface area contributed by atoms with Gasteiger partial charge in [-0.3, -0.25) is 15.2 Å². The first-order valence-electron chi connectivity index (χ1n) is 5.87. The van der Waals surface area contributed by atoms with Gasteiger partial charge >= 0.3 is 0 Å². The lowest BCUT2D eigenvalue weighted by Crippen LogP contribution is -2.38. The molecule has 2 heterocycles. The number of rotatable bonds is 3. The lowest BCUT2D eigenvalue weighted by atomic mass is 10.3. The second kappa shape index (κ2) is 5.39. The standard InChI is InChI=1S/C12H12N4O2S2/c1-18-6-2-3-7-9(4-6)20-12(14-7)11-15-8(5-19-11)10(17)16-13/h2-4,8H,5,13H2,1H3,(H,16,17)/t8-/m1/s1. The number of benzene rings is 1. The number of methoxy groups -OCH3 is 1. The Morgan fingerprint density at radius 3 is 3.15 bits per heavy atom. The third-order valence-electron chi connectivity index (χ3n) is 2.87. The lowest BCUT2D eigenvalue weighted by molar-refractivity contribution is -0.121. The zero-order valence-electron chi connectivity index (χ0n) is 10.6. The van der Waals surface area contributed by atoms with Crippen molar-refractivity contribution in [3.8, 4) is 5.75 Å². The highest BCUT2D eigenvalue weighted by atomic mass is 32.2. The van der Waals surface area contributed by atoms with Crippen LogP contribution in [0.15, 0.2) is 23.2 Å². The van der Waals surface area contributed by atoms with Crippen LogP contribution in [0.3, 0.4) is 0 Å². The molecule has 3 rings (SSSR count). The third kappa shape index (κ3) is 2.37. The van der Waals surface area contributed by atoms with Gasteiger partial charge in [0, 0.05) is 5.75 Å². The molecule has 1 aromatic heterocycles. The van der Waals surface area contributed by atoms with Crippen molar-refractivity contribution >= 4 is 44.3 Å². The molecular formula is C12H12N4O2S2. The number of nitrogens with two attached hydrogens (primary N) is 1. The third-order valence-corrected chi connectivity index (χ3v) is 5.08. The van der Waals surface area contributed by atoms with Crippen molar-refractivity contribution in [2.45, 2.75) is 6.04 Å². The summed E-state index contributed by atoms with van der Waals surface area (Å²) in [6, 6.07) is 5.31. The normalized spacial score (nSPS) is 18.1. The summed E-state index contributed by atoms with van der Waals surface area (Å²) in [5.74, 6) is 6.25. The largest absolute Gasteiger partial charge is 0.497 e. The van der Waals surface area contributed by atoms with Gasteiger partial charge in [0.25, 0.3) is 5.91 Å². The van der Waals surface area contributed by atoms with Crippen molar-refractivity contribution in [2.24, 2.45) is 10.8 Å². The molecule has 1 amide bonds. The molecule has 8 heteroatoms. The molecule has 104 valence electrons. The Bertz CT molecular complexity index is 698. The zero-order valence-corrected chi connectivity index (χ0v) is 12.3. The molecule has 1 aromatic carbocycles. The number of thioether (sulfide) groups is 1. The molecule has 0 radical (unpaired) electrons. The SMILES string of the molecule is COc1ccc2nc(C3=N[C@@H](C(=O)NN)CS3)sc2c1. The molecule has 0 fully saturated rings. The van der Waals surface area contributed by atoms with Crippen molar-refractivity contribution in [2.75, 3.05) is 12.9 Å². The van der Waals surface area contributed by atoms with E-state index in [1.54, 1.807) is 7.11 Å². The number of hydrogen-bond donors (Lipinski definition) is 2. The molecule has 0 spiro atoms. The van der Waals surface area contributed by atoms with E-state index < -0.39 is 6.04 Å². The van der Waals surface area contributed by atoms with Gasteiger partial charge in [0.2, 0.25) is 0 Å². The van der Waals surface area contributed by atoms with E-state index in [4.69, 9.17) is 10.6 Å². The molecule has 6 nitrogen and oxygen atoms in total. The van der Waals surface area contributed by atoms with Crippen molar-refractivity contribution in [1.29, 1.82) is 0 Å². The Kier molecular flexibility index (Phi) is 3.60. The van der Waals surface area contributed by atoms with E-state index in [-0.39, 0.29) is 5.91 Å². The number of amides is 1. The van der Waals surface area contributed by atoms with Crippen LogP contribution >= 0.6 is 23.1 Å². The molecule has 1 aliphatic rings. The number of aliphatic imine (C=N–C) groups is 1. The minimum absolute atomic E-state index is 0.268. The number of ether oxygens (including phenoxy) is 1. The number of fused-ring (bicyclic) bond motifs is 1. The van der Waals surface area contributed by atoms with Gasteiger partial charge in [-0.1, -0.05) is 0 Å². The number of thiazole rings is 1. The summed E-state index contributed by atoms with van der Waals surface area (Å²) in [5, 5.41) is 1.62. The first-order valence-corrected chi connectivity index (χ1v) is 7.67. The Balaban J connectivity index is 1.93. The number of hydrogen-bond acceptors (Lipinski definition) is 7. The number of nitrogens with one attached hydrogen (secondary N) is 1. The highest BCUT2D eigenvalue weighted by Crippen LogP contribution is 2.31. The Hall–Kier alpha value is -1.64. The predicted molar refractivity (Wildman–Crippen MR) is 81.3 cm³/mol. The van der Waals surface area contributed by atoms with Crippen LogP contribution in [-0.4, -0.2) is 34.8 Å². The minimum Gasteiger partial charge on any atom is -0.497 e. The number of carbonyl (C=O) groups excluding carboxylic acids is 1. The highest BCUT2D eigenvalue weighted by molar-refractivity contribution is 8.15. The quantitative estimate of drug-likeness (QED) is 0.504. The minimum atomic E-state index is -0.429. The fourth-order valence-electron chi connectivity index (χ4n) is 1.84. The molecule has 0 saturated carbocycles. The molecule has 0 unspecified atom stereocenters. The first-order chi connectivity index (χ1) is 9.71. The predicted octanol–water partition coefficient (Wildman–Crippen LogP) is 1.16. The fraction of sp³-hybridized carbons (Fsp3) is 0.250. The van der Waals surface area contributed by atoms with E-state index in [2.05, 4.69) is 15.4 Å². The molecule has 1 atom stereocenters. The van der Waals surface area contributed by atoms with E-state index in [9.17, 15) is 4.79 Å². The maximum absolute atomic E-state index is 11.5. The number of carbonyl (C=O) groups is 1. The summed E-state index contributed by atoms with van der Waals surface area (Å²) in [6.45, 7) is 0. The molecular weight excluding hydrogens is 296 g/mol. The average Bonchev–Trinajstić information content (AvgIpc) is 3.11. The van der Waals surface area contributed by atoms with E-state index >= 15 is 0 Å². The summed E-state index contributed by atoms with van der Waals surface area (Å²) in [5.41, 5.74) is 3.03. The summed E-state index contributed by atoms with van der Waals surface area (Å²) < 4.78 is 6.23. The lowest BCUT2D eigenvalue weighted by Gasteiger charge is -2.01. The van der Waals surface area contributed by atoms with Crippen LogP contribution < -0.4 is 16.0 Å². The van der Waals surface area contributed by atoms with E-state index in [1.165, 1.54) is 23.1 Å². The van der Waals surface area contributed by atoms with Crippen LogP contribution in [-0.2, 0) is 4.79 Å². The highest BCUT2D eigenvalue weighted by Gasteiger charge is 2.26. The van der Waals surface area contributed by atoms with E-state index in [1.807, 2.05) is 18.2 Å². The van der Waals surface area contributed by atoms with E-state index in [0.29, 0.717) is 5.75 Å². The van der Waals surface area contributed by atoms with Crippen molar-refractivity contribution in [1.82, 2.24) is 10.4 Å². The molecule has 0 saturated heterocycles. The van der Waals surface area contributed by atoms with Crippen molar-refractivity contribution in [3.63, 3.8) is 0 Å². The van der Waals surface area contributed by atoms with Gasteiger partial charge in [-0.15, -0.1) is 23.1 Å². The van der Waals surface area contributed by atoms with E-state index in [0.717, 1.165) is 26.0 Å². The molecule has 0 aliphatic carbocycles. The Morgan fingerprint density at radius 2 is 2.40 bits per heavy atom. The van der Waals surface area contributed by atoms with Gasteiger partial charge in [-0.2, -0.15) is 0 Å². The maximum Gasteiger partial charge on any atom is 0.259 e. The van der Waals surface area contributed by atoms with Crippen LogP contribution in [0.2, 0.25) is 0 Å². The second-order valence-electron chi connectivity index (χ2n) is 4.12. The smallest absolute Gasteiger partial charge is 0.259 e. The van der Waals surface area contributed by atoms with Gasteiger partial charge in [0.15, 0.2) is 0 Å². The van der Waals surface area contributed by atoms with Crippen LogP contribution in [0.25, 0.3) is 10.2 Å². The zero-order chi connectivity index (χ0) is 14.1. The average molecular weight is 308 g/mol. The summed E-state index contributed by atoms with van der Waals surface area (Å²) in [4.78, 5) is 20.4. The van der Waals surface area contributed by atoms with Gasteiger partial charge in [-0.05, 0) is 18.2 Å². The molecule has 2 aromatic rings. The first kappa shape index (κ1) is 13.3. The summed E-state index contributed by atoms with van der Waals surface area (Å²) in [6.07, 6.45) is 0. The molecule has 3 N–H and O–H groups in total. The van der Waals surface area contributed by atoms with Crippen LogP contribution in [0, 0.1) is 0 Å². The fourth-order valence-corrected chi connectivity index (χ4v) is 3.94. The Labute approximate surface area is 123 Å².